The molecule has 1 amide bonds. The molecule has 1 N–H and O–H groups in total. The van der Waals surface area contributed by atoms with Crippen molar-refractivity contribution in [3.8, 4) is 5.75 Å². The second-order valence-corrected chi connectivity index (χ2v) is 7.14. The van der Waals surface area contributed by atoms with Crippen molar-refractivity contribution in [3.05, 3.63) is 95.0 Å². The van der Waals surface area contributed by atoms with E-state index >= 15 is 0 Å². The van der Waals surface area contributed by atoms with Gasteiger partial charge in [0.05, 0.1) is 15.8 Å². The molecule has 0 atom stereocenters. The van der Waals surface area contributed by atoms with Crippen molar-refractivity contribution in [1.82, 2.24) is 10.3 Å². The molecule has 4 aromatic rings. The average Bonchev–Trinajstić information content (AvgIpc) is 3.14. The van der Waals surface area contributed by atoms with Crippen LogP contribution in [0, 0.1) is 0 Å². The molecule has 0 unspecified atom stereocenters. The number of carbonyl (C=O) groups excluding carboxylic acids is 1. The van der Waals surface area contributed by atoms with Gasteiger partial charge in [-0.1, -0.05) is 54.6 Å². The Morgan fingerprint density at radius 3 is 2.52 bits per heavy atom. The van der Waals surface area contributed by atoms with Gasteiger partial charge in [0.2, 0.25) is 0 Å². The van der Waals surface area contributed by atoms with E-state index in [1.165, 1.54) is 0 Å². The smallest absolute Gasteiger partial charge is 0.255 e. The van der Waals surface area contributed by atoms with E-state index < -0.39 is 0 Å². The van der Waals surface area contributed by atoms with Crippen molar-refractivity contribution in [2.75, 3.05) is 0 Å². The summed E-state index contributed by atoms with van der Waals surface area (Å²) in [6.45, 7) is 0.814. The van der Waals surface area contributed by atoms with Gasteiger partial charge in [0.1, 0.15) is 17.4 Å². The van der Waals surface area contributed by atoms with E-state index in [0.717, 1.165) is 20.8 Å². The van der Waals surface area contributed by atoms with Crippen LogP contribution in [0.3, 0.4) is 0 Å². The van der Waals surface area contributed by atoms with Crippen LogP contribution in [-0.2, 0) is 13.2 Å². The third-order valence-corrected chi connectivity index (χ3v) is 5.13. The summed E-state index contributed by atoms with van der Waals surface area (Å²) in [6.07, 6.45) is 0. The molecule has 27 heavy (non-hydrogen) atoms. The van der Waals surface area contributed by atoms with Gasteiger partial charge in [0.15, 0.2) is 0 Å². The first kappa shape index (κ1) is 17.2. The molecule has 0 fully saturated rings. The van der Waals surface area contributed by atoms with E-state index in [4.69, 9.17) is 4.74 Å². The Bertz CT molecular complexity index is 1030. The summed E-state index contributed by atoms with van der Waals surface area (Å²) in [5.74, 6) is 0.404. The molecular formula is C22H18N2O2S. The summed E-state index contributed by atoms with van der Waals surface area (Å²) in [6, 6.07) is 25.1. The predicted molar refractivity (Wildman–Crippen MR) is 108 cm³/mol. The highest BCUT2D eigenvalue weighted by Gasteiger charge is 2.13. The first-order valence-electron chi connectivity index (χ1n) is 8.68. The van der Waals surface area contributed by atoms with Gasteiger partial charge >= 0.3 is 0 Å². The fourth-order valence-corrected chi connectivity index (χ4v) is 3.66. The normalized spacial score (nSPS) is 10.7. The van der Waals surface area contributed by atoms with Crippen molar-refractivity contribution in [2.45, 2.75) is 13.2 Å². The molecule has 0 radical (unpaired) electrons. The highest BCUT2D eigenvalue weighted by molar-refractivity contribution is 7.18. The molecule has 1 heterocycles. The number of rotatable bonds is 6. The number of nitrogens with zero attached hydrogens (tertiary/aromatic N) is 1. The van der Waals surface area contributed by atoms with Gasteiger partial charge in [-0.3, -0.25) is 4.79 Å². The van der Waals surface area contributed by atoms with Crippen LogP contribution in [0.15, 0.2) is 78.9 Å². The Hall–Kier alpha value is -3.18. The number of hydrogen-bond donors (Lipinski definition) is 1. The van der Waals surface area contributed by atoms with Crippen LogP contribution in [0.2, 0.25) is 0 Å². The quantitative estimate of drug-likeness (QED) is 0.527. The number of nitrogens with one attached hydrogen (secondary N) is 1. The first-order valence-corrected chi connectivity index (χ1v) is 9.49. The highest BCUT2D eigenvalue weighted by Crippen LogP contribution is 2.24. The Morgan fingerprint density at radius 2 is 1.67 bits per heavy atom. The van der Waals surface area contributed by atoms with Crippen molar-refractivity contribution < 1.29 is 9.53 Å². The van der Waals surface area contributed by atoms with E-state index in [0.29, 0.717) is 24.5 Å². The minimum Gasteiger partial charge on any atom is -0.486 e. The zero-order chi connectivity index (χ0) is 18.5. The topological polar surface area (TPSA) is 51.2 Å². The van der Waals surface area contributed by atoms with Gasteiger partial charge in [-0.2, -0.15) is 0 Å². The van der Waals surface area contributed by atoms with Crippen LogP contribution in [-0.4, -0.2) is 10.9 Å². The maximum Gasteiger partial charge on any atom is 0.255 e. The second kappa shape index (κ2) is 8.01. The standard InChI is InChI=1S/C22H18N2O2S/c25-22(23-14-16-8-2-1-3-9-16)17-10-4-6-12-19(17)26-15-21-24-18-11-5-7-13-20(18)27-21/h1-13H,14-15H2,(H,23,25). The molecule has 0 aliphatic rings. The number of carbonyl (C=O) groups is 1. The van der Waals surface area contributed by atoms with Crippen molar-refractivity contribution in [2.24, 2.45) is 0 Å². The summed E-state index contributed by atoms with van der Waals surface area (Å²) >= 11 is 1.60. The predicted octanol–water partition coefficient (Wildman–Crippen LogP) is 4.81. The lowest BCUT2D eigenvalue weighted by Crippen LogP contribution is -2.23. The lowest BCUT2D eigenvalue weighted by atomic mass is 10.1. The third-order valence-electron chi connectivity index (χ3n) is 4.12. The van der Waals surface area contributed by atoms with Crippen LogP contribution in [0.25, 0.3) is 10.2 Å². The van der Waals surface area contributed by atoms with E-state index in [2.05, 4.69) is 10.3 Å². The van der Waals surface area contributed by atoms with Gasteiger partial charge < -0.3 is 10.1 Å². The van der Waals surface area contributed by atoms with E-state index in [-0.39, 0.29) is 5.91 Å². The Balaban J connectivity index is 1.44. The second-order valence-electron chi connectivity index (χ2n) is 6.03. The summed E-state index contributed by atoms with van der Waals surface area (Å²) in [4.78, 5) is 17.2. The van der Waals surface area contributed by atoms with Crippen LogP contribution in [0.5, 0.6) is 5.75 Å². The fraction of sp³-hybridized carbons (Fsp3) is 0.0909. The molecule has 0 bridgehead atoms. The van der Waals surface area contributed by atoms with Gasteiger partial charge in [-0.15, -0.1) is 11.3 Å². The molecule has 4 rings (SSSR count). The van der Waals surface area contributed by atoms with Gasteiger partial charge in [0.25, 0.3) is 5.91 Å². The number of para-hydroxylation sites is 2. The van der Waals surface area contributed by atoms with Crippen molar-refractivity contribution in [3.63, 3.8) is 0 Å². The number of fused-ring (bicyclic) bond motifs is 1. The monoisotopic (exact) mass is 374 g/mol. The van der Waals surface area contributed by atoms with Crippen LogP contribution < -0.4 is 10.1 Å². The number of hydrogen-bond acceptors (Lipinski definition) is 4. The number of amides is 1. The zero-order valence-electron chi connectivity index (χ0n) is 14.6. The summed E-state index contributed by atoms with van der Waals surface area (Å²) < 4.78 is 7.04. The van der Waals surface area contributed by atoms with Gasteiger partial charge in [0, 0.05) is 6.54 Å². The lowest BCUT2D eigenvalue weighted by Gasteiger charge is -2.11. The summed E-state index contributed by atoms with van der Waals surface area (Å²) in [7, 11) is 0. The van der Waals surface area contributed by atoms with Crippen molar-refractivity contribution in [1.29, 1.82) is 0 Å². The minimum atomic E-state index is -0.154. The van der Waals surface area contributed by atoms with Crippen LogP contribution in [0.4, 0.5) is 0 Å². The van der Waals surface area contributed by atoms with Crippen molar-refractivity contribution >= 4 is 27.5 Å². The summed E-state index contributed by atoms with van der Waals surface area (Å²) in [5, 5.41) is 3.83. The Labute approximate surface area is 161 Å². The van der Waals surface area contributed by atoms with E-state index in [1.807, 2.05) is 72.8 Å². The summed E-state index contributed by atoms with van der Waals surface area (Å²) in [5.41, 5.74) is 2.54. The van der Waals surface area contributed by atoms with Gasteiger partial charge in [-0.05, 0) is 29.8 Å². The Kier molecular flexibility index (Phi) is 5.12. The number of aromatic nitrogens is 1. The fourth-order valence-electron chi connectivity index (χ4n) is 2.77. The van der Waals surface area contributed by atoms with E-state index in [9.17, 15) is 4.79 Å². The van der Waals surface area contributed by atoms with E-state index in [1.54, 1.807) is 17.4 Å². The molecule has 0 saturated heterocycles. The first-order chi connectivity index (χ1) is 13.3. The number of ether oxygens (including phenoxy) is 1. The molecule has 0 aliphatic carbocycles. The maximum atomic E-state index is 12.6. The molecule has 4 nitrogen and oxygen atoms in total. The van der Waals surface area contributed by atoms with Crippen LogP contribution >= 0.6 is 11.3 Å². The molecular weight excluding hydrogens is 356 g/mol. The number of thiazole rings is 1. The maximum absolute atomic E-state index is 12.6. The molecule has 0 saturated carbocycles. The largest absolute Gasteiger partial charge is 0.486 e. The minimum absolute atomic E-state index is 0.154. The molecule has 3 aromatic carbocycles. The third kappa shape index (κ3) is 4.15. The molecule has 134 valence electrons. The molecule has 5 heteroatoms. The molecule has 0 spiro atoms. The number of benzene rings is 3. The SMILES string of the molecule is O=C(NCc1ccccc1)c1ccccc1OCc1nc2ccccc2s1. The van der Waals surface area contributed by atoms with Gasteiger partial charge in [-0.25, -0.2) is 4.98 Å². The lowest BCUT2D eigenvalue weighted by molar-refractivity contribution is 0.0946. The highest BCUT2D eigenvalue weighted by atomic mass is 32.1. The molecule has 0 aliphatic heterocycles. The molecule has 1 aromatic heterocycles. The zero-order valence-corrected chi connectivity index (χ0v) is 15.4. The van der Waals surface area contributed by atoms with Crippen LogP contribution in [0.1, 0.15) is 20.9 Å². The average molecular weight is 374 g/mol. The Morgan fingerprint density at radius 1 is 0.926 bits per heavy atom.